The minimum Gasteiger partial charge on any atom is -0.490 e. The molecule has 168 valence electrons. The summed E-state index contributed by atoms with van der Waals surface area (Å²) in [5.74, 6) is 1.02. The molecule has 1 amide bonds. The summed E-state index contributed by atoms with van der Waals surface area (Å²) in [4.78, 5) is 17.5. The first kappa shape index (κ1) is 23.4. The molecule has 3 aromatic rings. The SMILES string of the molecule is CCOc1cc(/C=C2/SC(=Nc3ccc(Cl)cc3)NC2=O)cc(Br)c1OCc1ccccc1. The van der Waals surface area contributed by atoms with Crippen molar-refractivity contribution in [1.29, 1.82) is 0 Å². The van der Waals surface area contributed by atoms with E-state index in [1.165, 1.54) is 11.8 Å². The number of carbonyl (C=O) groups excluding carboxylic acids is 1. The van der Waals surface area contributed by atoms with Crippen molar-refractivity contribution in [1.82, 2.24) is 5.32 Å². The Bertz CT molecular complexity index is 1210. The molecule has 5 nitrogen and oxygen atoms in total. The predicted molar refractivity (Wildman–Crippen MR) is 138 cm³/mol. The Morgan fingerprint density at radius 1 is 1.09 bits per heavy atom. The van der Waals surface area contributed by atoms with Gasteiger partial charge in [-0.05, 0) is 88.2 Å². The first-order valence-corrected chi connectivity index (χ1v) is 12.2. The first-order valence-electron chi connectivity index (χ1n) is 10.2. The van der Waals surface area contributed by atoms with Gasteiger partial charge in [-0.15, -0.1) is 0 Å². The molecular weight excluding hydrogens is 524 g/mol. The maximum absolute atomic E-state index is 12.5. The number of halogens is 2. The van der Waals surface area contributed by atoms with E-state index in [1.54, 1.807) is 30.3 Å². The van der Waals surface area contributed by atoms with Crippen molar-refractivity contribution in [3.63, 3.8) is 0 Å². The summed E-state index contributed by atoms with van der Waals surface area (Å²) in [6.45, 7) is 2.82. The maximum atomic E-state index is 12.5. The molecule has 1 N–H and O–H groups in total. The summed E-state index contributed by atoms with van der Waals surface area (Å²) in [5, 5.41) is 3.94. The number of benzene rings is 3. The van der Waals surface area contributed by atoms with Crippen LogP contribution >= 0.6 is 39.3 Å². The monoisotopic (exact) mass is 542 g/mol. The quantitative estimate of drug-likeness (QED) is 0.327. The van der Waals surface area contributed by atoms with Crippen molar-refractivity contribution in [2.45, 2.75) is 13.5 Å². The molecule has 1 aliphatic heterocycles. The zero-order valence-electron chi connectivity index (χ0n) is 17.7. The van der Waals surface area contributed by atoms with Crippen molar-refractivity contribution in [3.05, 3.63) is 92.3 Å². The van der Waals surface area contributed by atoms with Crippen LogP contribution in [0.4, 0.5) is 5.69 Å². The van der Waals surface area contributed by atoms with E-state index in [-0.39, 0.29) is 5.91 Å². The van der Waals surface area contributed by atoms with Gasteiger partial charge in [-0.25, -0.2) is 4.99 Å². The summed E-state index contributed by atoms with van der Waals surface area (Å²) in [5.41, 5.74) is 2.58. The van der Waals surface area contributed by atoms with Gasteiger partial charge in [0.05, 0.1) is 21.7 Å². The van der Waals surface area contributed by atoms with Gasteiger partial charge < -0.3 is 14.8 Å². The highest BCUT2D eigenvalue weighted by atomic mass is 79.9. The molecule has 4 rings (SSSR count). The van der Waals surface area contributed by atoms with E-state index in [4.69, 9.17) is 21.1 Å². The van der Waals surface area contributed by atoms with Crippen molar-refractivity contribution in [2.75, 3.05) is 6.61 Å². The summed E-state index contributed by atoms with van der Waals surface area (Å²) < 4.78 is 12.6. The second-order valence-corrected chi connectivity index (χ2v) is 9.32. The number of hydrogen-bond acceptors (Lipinski definition) is 5. The van der Waals surface area contributed by atoms with Crippen LogP contribution in [0.2, 0.25) is 5.02 Å². The lowest BCUT2D eigenvalue weighted by atomic mass is 10.1. The van der Waals surface area contributed by atoms with Gasteiger partial charge in [0, 0.05) is 5.02 Å². The van der Waals surface area contributed by atoms with Crippen LogP contribution in [0.25, 0.3) is 6.08 Å². The van der Waals surface area contributed by atoms with Crippen LogP contribution in [0.15, 0.2) is 81.1 Å². The zero-order valence-corrected chi connectivity index (χ0v) is 20.8. The second kappa shape index (κ2) is 10.9. The third-order valence-corrected chi connectivity index (χ3v) is 6.31. The Kier molecular flexibility index (Phi) is 7.75. The normalized spacial score (nSPS) is 15.7. The van der Waals surface area contributed by atoms with E-state index in [2.05, 4.69) is 26.2 Å². The fourth-order valence-corrected chi connectivity index (χ4v) is 4.61. The lowest BCUT2D eigenvalue weighted by Gasteiger charge is -2.15. The van der Waals surface area contributed by atoms with Gasteiger partial charge in [0.2, 0.25) is 0 Å². The van der Waals surface area contributed by atoms with Crippen LogP contribution in [0.1, 0.15) is 18.1 Å². The molecule has 1 saturated heterocycles. The van der Waals surface area contributed by atoms with Crippen molar-refractivity contribution < 1.29 is 14.3 Å². The number of ether oxygens (including phenoxy) is 2. The third kappa shape index (κ3) is 6.19. The number of thioether (sulfide) groups is 1. The lowest BCUT2D eigenvalue weighted by molar-refractivity contribution is -0.115. The minimum absolute atomic E-state index is 0.203. The Labute approximate surface area is 210 Å². The van der Waals surface area contributed by atoms with E-state index in [0.717, 1.165) is 15.6 Å². The molecule has 33 heavy (non-hydrogen) atoms. The number of carbonyl (C=O) groups is 1. The Balaban J connectivity index is 1.55. The Morgan fingerprint density at radius 3 is 2.58 bits per heavy atom. The summed E-state index contributed by atoms with van der Waals surface area (Å²) in [6.07, 6.45) is 1.80. The van der Waals surface area contributed by atoms with Gasteiger partial charge in [-0.1, -0.05) is 41.9 Å². The van der Waals surface area contributed by atoms with E-state index in [0.29, 0.717) is 45.5 Å². The molecule has 0 radical (unpaired) electrons. The third-order valence-electron chi connectivity index (χ3n) is 4.56. The Morgan fingerprint density at radius 2 is 1.85 bits per heavy atom. The number of hydrogen-bond donors (Lipinski definition) is 1. The maximum Gasteiger partial charge on any atom is 0.264 e. The van der Waals surface area contributed by atoms with E-state index < -0.39 is 0 Å². The molecule has 0 aliphatic carbocycles. The highest BCUT2D eigenvalue weighted by Crippen LogP contribution is 2.39. The number of nitrogens with one attached hydrogen (secondary N) is 1. The highest BCUT2D eigenvalue weighted by Gasteiger charge is 2.24. The van der Waals surface area contributed by atoms with Crippen molar-refractivity contribution in [2.24, 2.45) is 4.99 Å². The van der Waals surface area contributed by atoms with Crippen LogP contribution in [0, 0.1) is 0 Å². The van der Waals surface area contributed by atoms with E-state index >= 15 is 0 Å². The van der Waals surface area contributed by atoms with Gasteiger partial charge in [0.15, 0.2) is 16.7 Å². The molecule has 0 aromatic heterocycles. The minimum atomic E-state index is -0.203. The summed E-state index contributed by atoms with van der Waals surface area (Å²) in [7, 11) is 0. The summed E-state index contributed by atoms with van der Waals surface area (Å²) in [6, 6.07) is 20.8. The first-order chi connectivity index (χ1) is 16.0. The zero-order chi connectivity index (χ0) is 23.2. The van der Waals surface area contributed by atoms with Crippen molar-refractivity contribution >= 4 is 62.1 Å². The number of rotatable bonds is 7. The number of amidine groups is 1. The van der Waals surface area contributed by atoms with Crippen molar-refractivity contribution in [3.8, 4) is 11.5 Å². The fourth-order valence-electron chi connectivity index (χ4n) is 3.07. The lowest BCUT2D eigenvalue weighted by Crippen LogP contribution is -2.19. The molecule has 0 saturated carbocycles. The van der Waals surface area contributed by atoms with Crippen LogP contribution < -0.4 is 14.8 Å². The van der Waals surface area contributed by atoms with Gasteiger partial charge in [0.1, 0.15) is 6.61 Å². The molecular formula is C25H20BrClN2O3S. The molecule has 3 aromatic carbocycles. The molecule has 8 heteroatoms. The van der Waals surface area contributed by atoms with E-state index in [1.807, 2.05) is 49.4 Å². The Hall–Kier alpha value is -2.74. The molecule has 0 atom stereocenters. The van der Waals surface area contributed by atoms with Gasteiger partial charge >= 0.3 is 0 Å². The van der Waals surface area contributed by atoms with Gasteiger partial charge in [-0.3, -0.25) is 4.79 Å². The molecule has 1 fully saturated rings. The number of nitrogens with zero attached hydrogens (tertiary/aromatic N) is 1. The van der Waals surface area contributed by atoms with E-state index in [9.17, 15) is 4.79 Å². The average Bonchev–Trinajstić information content (AvgIpc) is 3.14. The largest absolute Gasteiger partial charge is 0.490 e. The summed E-state index contributed by atoms with van der Waals surface area (Å²) >= 11 is 10.8. The molecule has 0 unspecified atom stereocenters. The molecule has 0 spiro atoms. The number of amides is 1. The molecule has 1 aliphatic rings. The smallest absolute Gasteiger partial charge is 0.264 e. The fraction of sp³-hybridized carbons (Fsp3) is 0.120. The predicted octanol–water partition coefficient (Wildman–Crippen LogP) is 6.97. The van der Waals surface area contributed by atoms with Gasteiger partial charge in [-0.2, -0.15) is 0 Å². The van der Waals surface area contributed by atoms with Crippen LogP contribution in [0.3, 0.4) is 0 Å². The number of aliphatic imine (C=N–C) groups is 1. The average molecular weight is 544 g/mol. The van der Waals surface area contributed by atoms with Crippen LogP contribution in [0.5, 0.6) is 11.5 Å². The standard InChI is InChI=1S/C25H20BrClN2O3S/c1-2-31-21-13-17(12-20(26)23(21)32-15-16-6-4-3-5-7-16)14-22-24(30)29-25(33-22)28-19-10-8-18(27)9-11-19/h3-14H,2,15H2,1H3,(H,28,29,30)/b22-14+. The molecule has 0 bridgehead atoms. The van der Waals surface area contributed by atoms with Crippen LogP contribution in [-0.2, 0) is 11.4 Å². The molecule has 1 heterocycles. The topological polar surface area (TPSA) is 59.9 Å². The second-order valence-electron chi connectivity index (χ2n) is 7.00. The van der Waals surface area contributed by atoms with Crippen LogP contribution in [-0.4, -0.2) is 17.7 Å². The van der Waals surface area contributed by atoms with Gasteiger partial charge in [0.25, 0.3) is 5.91 Å². The highest BCUT2D eigenvalue weighted by molar-refractivity contribution is 9.10.